The van der Waals surface area contributed by atoms with Crippen molar-refractivity contribution in [3.05, 3.63) is 35.1 Å². The maximum absolute atomic E-state index is 13.2. The van der Waals surface area contributed by atoms with E-state index in [-0.39, 0.29) is 17.0 Å². The van der Waals surface area contributed by atoms with Crippen molar-refractivity contribution in [1.29, 1.82) is 0 Å². The second-order valence-electron chi connectivity index (χ2n) is 5.59. The van der Waals surface area contributed by atoms with E-state index in [1.54, 1.807) is 6.92 Å². The second-order valence-corrected chi connectivity index (χ2v) is 5.59. The van der Waals surface area contributed by atoms with E-state index in [0.717, 1.165) is 23.8 Å². The van der Waals surface area contributed by atoms with Gasteiger partial charge in [0, 0.05) is 11.6 Å². The van der Waals surface area contributed by atoms with Gasteiger partial charge in [-0.3, -0.25) is 4.79 Å². The molecular weight excluding hydrogens is 286 g/mol. The van der Waals surface area contributed by atoms with Crippen molar-refractivity contribution in [3.8, 4) is 0 Å². The molecule has 6 heteroatoms. The SMILES string of the molecule is Cc1cc(C(=O)N(CC(F)(F)F)C(C)C2CC2)ccc1F. The van der Waals surface area contributed by atoms with Gasteiger partial charge in [0.15, 0.2) is 0 Å². The minimum absolute atomic E-state index is 0.0886. The highest BCUT2D eigenvalue weighted by atomic mass is 19.4. The van der Waals surface area contributed by atoms with Gasteiger partial charge in [0.2, 0.25) is 0 Å². The highest BCUT2D eigenvalue weighted by Crippen LogP contribution is 2.36. The smallest absolute Gasteiger partial charge is 0.327 e. The Labute approximate surface area is 120 Å². The summed E-state index contributed by atoms with van der Waals surface area (Å²) in [5.41, 5.74) is 0.331. The minimum Gasteiger partial charge on any atom is -0.327 e. The average molecular weight is 303 g/mol. The fourth-order valence-corrected chi connectivity index (χ4v) is 2.37. The van der Waals surface area contributed by atoms with Gasteiger partial charge in [-0.05, 0) is 56.4 Å². The zero-order chi connectivity index (χ0) is 15.8. The van der Waals surface area contributed by atoms with Crippen LogP contribution in [0.4, 0.5) is 17.6 Å². The van der Waals surface area contributed by atoms with Crippen LogP contribution in [0.1, 0.15) is 35.7 Å². The Morgan fingerprint density at radius 3 is 2.48 bits per heavy atom. The van der Waals surface area contributed by atoms with Gasteiger partial charge >= 0.3 is 6.18 Å². The van der Waals surface area contributed by atoms with Crippen LogP contribution in [0.15, 0.2) is 18.2 Å². The molecule has 0 aromatic heterocycles. The number of benzene rings is 1. The number of rotatable bonds is 4. The van der Waals surface area contributed by atoms with E-state index in [4.69, 9.17) is 0 Å². The summed E-state index contributed by atoms with van der Waals surface area (Å²) in [7, 11) is 0. The third-order valence-corrected chi connectivity index (χ3v) is 3.81. The number of aryl methyl sites for hydroxylation is 1. The molecular formula is C15H17F4NO. The van der Waals surface area contributed by atoms with Crippen LogP contribution in [-0.4, -0.2) is 29.6 Å². The molecule has 2 rings (SSSR count). The van der Waals surface area contributed by atoms with Crippen LogP contribution in [0.2, 0.25) is 0 Å². The van der Waals surface area contributed by atoms with Gasteiger partial charge in [0.1, 0.15) is 12.4 Å². The highest BCUT2D eigenvalue weighted by Gasteiger charge is 2.40. The lowest BCUT2D eigenvalue weighted by molar-refractivity contribution is -0.144. The van der Waals surface area contributed by atoms with Gasteiger partial charge in [-0.15, -0.1) is 0 Å². The molecule has 1 unspecified atom stereocenters. The first kappa shape index (κ1) is 15.8. The first-order valence-electron chi connectivity index (χ1n) is 6.83. The first-order valence-corrected chi connectivity index (χ1v) is 6.83. The van der Waals surface area contributed by atoms with E-state index in [1.807, 2.05) is 0 Å². The number of alkyl halides is 3. The molecule has 0 aliphatic heterocycles. The molecule has 1 fully saturated rings. The number of halogens is 4. The molecule has 1 amide bonds. The Balaban J connectivity index is 2.25. The van der Waals surface area contributed by atoms with E-state index in [0.29, 0.717) is 0 Å². The zero-order valence-corrected chi connectivity index (χ0v) is 11.9. The lowest BCUT2D eigenvalue weighted by atomic mass is 10.1. The maximum Gasteiger partial charge on any atom is 0.406 e. The van der Waals surface area contributed by atoms with Gasteiger partial charge in [-0.2, -0.15) is 13.2 Å². The third-order valence-electron chi connectivity index (χ3n) is 3.81. The van der Waals surface area contributed by atoms with Crippen molar-refractivity contribution >= 4 is 5.91 Å². The molecule has 1 saturated carbocycles. The van der Waals surface area contributed by atoms with Crippen molar-refractivity contribution in [1.82, 2.24) is 4.90 Å². The lowest BCUT2D eigenvalue weighted by Gasteiger charge is -2.30. The van der Waals surface area contributed by atoms with Gasteiger partial charge in [0.25, 0.3) is 5.91 Å². The van der Waals surface area contributed by atoms with Crippen molar-refractivity contribution in [2.24, 2.45) is 5.92 Å². The lowest BCUT2D eigenvalue weighted by Crippen LogP contribution is -2.45. The normalized spacial score (nSPS) is 16.7. The Hall–Kier alpha value is -1.59. The second kappa shape index (κ2) is 5.66. The predicted molar refractivity (Wildman–Crippen MR) is 70.4 cm³/mol. The van der Waals surface area contributed by atoms with E-state index in [9.17, 15) is 22.4 Å². The Bertz CT molecular complexity index is 537. The molecule has 2 nitrogen and oxygen atoms in total. The molecule has 1 atom stereocenters. The van der Waals surface area contributed by atoms with Crippen LogP contribution in [0.25, 0.3) is 0 Å². The largest absolute Gasteiger partial charge is 0.406 e. The number of nitrogens with zero attached hydrogens (tertiary/aromatic N) is 1. The zero-order valence-electron chi connectivity index (χ0n) is 11.9. The number of hydrogen-bond donors (Lipinski definition) is 0. The quantitative estimate of drug-likeness (QED) is 0.772. The molecule has 0 radical (unpaired) electrons. The van der Waals surface area contributed by atoms with Crippen LogP contribution >= 0.6 is 0 Å². The van der Waals surface area contributed by atoms with Crippen LogP contribution in [-0.2, 0) is 0 Å². The van der Waals surface area contributed by atoms with Gasteiger partial charge in [0.05, 0.1) is 0 Å². The molecule has 1 aromatic carbocycles. The van der Waals surface area contributed by atoms with E-state index < -0.39 is 30.5 Å². The summed E-state index contributed by atoms with van der Waals surface area (Å²) in [6, 6.07) is 3.16. The van der Waals surface area contributed by atoms with Gasteiger partial charge < -0.3 is 4.90 Å². The molecule has 116 valence electrons. The molecule has 21 heavy (non-hydrogen) atoms. The van der Waals surface area contributed by atoms with E-state index in [2.05, 4.69) is 0 Å². The van der Waals surface area contributed by atoms with E-state index in [1.165, 1.54) is 19.1 Å². The van der Waals surface area contributed by atoms with Gasteiger partial charge in [-0.25, -0.2) is 4.39 Å². The number of amides is 1. The minimum atomic E-state index is -4.45. The third kappa shape index (κ3) is 3.95. The topological polar surface area (TPSA) is 20.3 Å². The molecule has 1 aliphatic carbocycles. The van der Waals surface area contributed by atoms with Crippen molar-refractivity contribution < 1.29 is 22.4 Å². The molecule has 0 N–H and O–H groups in total. The first-order chi connectivity index (χ1) is 9.69. The highest BCUT2D eigenvalue weighted by molar-refractivity contribution is 5.94. The van der Waals surface area contributed by atoms with Crippen LogP contribution in [0.3, 0.4) is 0 Å². The monoisotopic (exact) mass is 303 g/mol. The molecule has 1 aliphatic rings. The van der Waals surface area contributed by atoms with Crippen LogP contribution < -0.4 is 0 Å². The summed E-state index contributed by atoms with van der Waals surface area (Å²) in [5.74, 6) is -1.06. The Kier molecular flexibility index (Phi) is 4.25. The summed E-state index contributed by atoms with van der Waals surface area (Å²) in [5, 5.41) is 0. The van der Waals surface area contributed by atoms with E-state index >= 15 is 0 Å². The van der Waals surface area contributed by atoms with Gasteiger partial charge in [-0.1, -0.05) is 0 Å². The Morgan fingerprint density at radius 1 is 1.38 bits per heavy atom. The van der Waals surface area contributed by atoms with Crippen molar-refractivity contribution in [2.45, 2.75) is 38.9 Å². The average Bonchev–Trinajstić information content (AvgIpc) is 3.21. The molecule has 0 saturated heterocycles. The van der Waals surface area contributed by atoms with Crippen molar-refractivity contribution in [3.63, 3.8) is 0 Å². The molecule has 0 bridgehead atoms. The van der Waals surface area contributed by atoms with Crippen LogP contribution in [0.5, 0.6) is 0 Å². The summed E-state index contributed by atoms with van der Waals surface area (Å²) in [6.45, 7) is 1.84. The standard InChI is InChI=1S/C15H17F4NO/c1-9-7-12(5-6-13(9)16)14(21)20(8-15(17,18)19)10(2)11-3-4-11/h5-7,10-11H,3-4,8H2,1-2H3. The fraction of sp³-hybridized carbons (Fsp3) is 0.533. The summed E-state index contributed by atoms with van der Waals surface area (Å²) < 4.78 is 51.4. The molecule has 1 aromatic rings. The predicted octanol–water partition coefficient (Wildman–Crippen LogP) is 3.94. The summed E-state index contributed by atoms with van der Waals surface area (Å²) >= 11 is 0. The summed E-state index contributed by atoms with van der Waals surface area (Å²) in [4.78, 5) is 13.2. The Morgan fingerprint density at radius 2 is 2.00 bits per heavy atom. The number of carbonyl (C=O) groups is 1. The molecule has 0 heterocycles. The fourth-order valence-electron chi connectivity index (χ4n) is 2.37. The molecule has 0 spiro atoms. The number of carbonyl (C=O) groups excluding carboxylic acids is 1. The van der Waals surface area contributed by atoms with Crippen LogP contribution in [0, 0.1) is 18.7 Å². The maximum atomic E-state index is 13.2. The summed E-state index contributed by atoms with van der Waals surface area (Å²) in [6.07, 6.45) is -2.77. The van der Waals surface area contributed by atoms with Crippen molar-refractivity contribution in [2.75, 3.05) is 6.54 Å². The number of hydrogen-bond acceptors (Lipinski definition) is 1.